The fraction of sp³-hybridized carbons (Fsp3) is 0.381. The summed E-state index contributed by atoms with van der Waals surface area (Å²) in [6.07, 6.45) is 3.23. The molecule has 0 aliphatic heterocycles. The number of rotatable bonds is 10. The predicted octanol–water partition coefficient (Wildman–Crippen LogP) is 1.58. The number of benzene rings is 1. The molecule has 0 fully saturated rings. The van der Waals surface area contributed by atoms with Gasteiger partial charge in [0.05, 0.1) is 17.7 Å². The fourth-order valence-corrected chi connectivity index (χ4v) is 3.78. The third-order valence-corrected chi connectivity index (χ3v) is 5.33. The summed E-state index contributed by atoms with van der Waals surface area (Å²) in [5, 5.41) is 12.3. The van der Waals surface area contributed by atoms with Gasteiger partial charge in [0.1, 0.15) is 16.5 Å². The lowest BCUT2D eigenvalue weighted by molar-refractivity contribution is -0.115. The van der Waals surface area contributed by atoms with Crippen LogP contribution in [0.25, 0.3) is 11.6 Å². The molecule has 1 aromatic heterocycles. The van der Waals surface area contributed by atoms with E-state index < -0.39 is 12.5 Å². The van der Waals surface area contributed by atoms with Gasteiger partial charge in [0.15, 0.2) is 5.57 Å². The summed E-state index contributed by atoms with van der Waals surface area (Å²) in [4.78, 5) is 25.4. The summed E-state index contributed by atoms with van der Waals surface area (Å²) in [5.41, 5.74) is 0.0602. The van der Waals surface area contributed by atoms with Crippen LogP contribution in [-0.4, -0.2) is 37.3 Å². The molecular weight excluding hydrogens is 428 g/mol. The molecule has 1 heterocycles. The molecule has 10 heteroatoms. The zero-order chi connectivity index (χ0) is 22.8. The number of unbranched alkanes of at least 4 members (excludes halogenated alkanes) is 1. The van der Waals surface area contributed by atoms with Gasteiger partial charge in [-0.05, 0) is 30.2 Å². The highest BCUT2D eigenvalue weighted by atomic mass is 32.1. The van der Waals surface area contributed by atoms with Crippen molar-refractivity contribution in [3.05, 3.63) is 49.4 Å². The van der Waals surface area contributed by atoms with Gasteiger partial charge in [0.25, 0.3) is 11.5 Å². The Labute approximate surface area is 181 Å². The summed E-state index contributed by atoms with van der Waals surface area (Å²) < 4.78 is 35.8. The molecule has 1 amide bonds. The Morgan fingerprint density at radius 2 is 2.06 bits per heavy atom. The second-order valence-corrected chi connectivity index (χ2v) is 7.44. The van der Waals surface area contributed by atoms with E-state index in [9.17, 15) is 23.6 Å². The van der Waals surface area contributed by atoms with Gasteiger partial charge in [-0.3, -0.25) is 14.2 Å². The molecule has 31 heavy (non-hydrogen) atoms. The Balaban J connectivity index is 2.54. The SMILES string of the molecule is CCCCNC(=O)/C(C#N)=c1\s/c(=C\c2ccc(OC(F)F)cc2)c(=O)n1CCOC. The average Bonchev–Trinajstić information content (AvgIpc) is 3.03. The lowest BCUT2D eigenvalue weighted by Gasteiger charge is -2.04. The van der Waals surface area contributed by atoms with Crippen LogP contribution in [0, 0.1) is 11.3 Å². The van der Waals surface area contributed by atoms with Crippen molar-refractivity contribution in [1.29, 1.82) is 5.26 Å². The molecule has 2 aromatic rings. The van der Waals surface area contributed by atoms with Crippen LogP contribution in [0.1, 0.15) is 25.3 Å². The van der Waals surface area contributed by atoms with Gasteiger partial charge in [-0.2, -0.15) is 14.0 Å². The number of amides is 1. The molecule has 1 aromatic carbocycles. The number of carbonyl (C=O) groups excluding carboxylic acids is 1. The number of ether oxygens (including phenoxy) is 2. The summed E-state index contributed by atoms with van der Waals surface area (Å²) in [7, 11) is 1.49. The maximum atomic E-state index is 12.9. The number of nitrogens with zero attached hydrogens (tertiary/aromatic N) is 2. The first-order valence-corrected chi connectivity index (χ1v) is 10.4. The minimum atomic E-state index is -2.92. The molecule has 166 valence electrons. The van der Waals surface area contributed by atoms with E-state index in [1.807, 2.05) is 13.0 Å². The van der Waals surface area contributed by atoms with Crippen molar-refractivity contribution in [1.82, 2.24) is 9.88 Å². The number of nitriles is 1. The number of halogens is 2. The average molecular weight is 451 g/mol. The quantitative estimate of drug-likeness (QED) is 0.554. The third kappa shape index (κ3) is 6.73. The fourth-order valence-electron chi connectivity index (χ4n) is 2.65. The first-order chi connectivity index (χ1) is 14.9. The number of hydrogen-bond donors (Lipinski definition) is 1. The zero-order valence-corrected chi connectivity index (χ0v) is 18.0. The number of thiazole rings is 1. The first kappa shape index (κ1) is 24.2. The van der Waals surface area contributed by atoms with Crippen LogP contribution in [0.3, 0.4) is 0 Å². The normalized spacial score (nSPS) is 12.6. The lowest BCUT2D eigenvalue weighted by atomic mass is 10.2. The Hall–Kier alpha value is -3.03. The second kappa shape index (κ2) is 12.0. The van der Waals surface area contributed by atoms with Crippen molar-refractivity contribution in [2.75, 3.05) is 20.3 Å². The predicted molar refractivity (Wildman–Crippen MR) is 113 cm³/mol. The van der Waals surface area contributed by atoms with Crippen LogP contribution in [0.15, 0.2) is 29.1 Å². The molecule has 2 rings (SSSR count). The van der Waals surface area contributed by atoms with E-state index in [-0.39, 0.29) is 34.7 Å². The van der Waals surface area contributed by atoms with Crippen LogP contribution in [0.5, 0.6) is 5.75 Å². The lowest BCUT2D eigenvalue weighted by Crippen LogP contribution is -2.36. The van der Waals surface area contributed by atoms with Gasteiger partial charge in [-0.1, -0.05) is 25.5 Å². The van der Waals surface area contributed by atoms with Crippen molar-refractivity contribution < 1.29 is 23.0 Å². The van der Waals surface area contributed by atoms with Crippen LogP contribution in [-0.2, 0) is 16.1 Å². The van der Waals surface area contributed by atoms with E-state index in [0.29, 0.717) is 16.6 Å². The van der Waals surface area contributed by atoms with Gasteiger partial charge >= 0.3 is 6.61 Å². The van der Waals surface area contributed by atoms with Crippen LogP contribution in [0.4, 0.5) is 8.78 Å². The molecule has 0 radical (unpaired) electrons. The van der Waals surface area contributed by atoms with E-state index in [4.69, 9.17) is 4.74 Å². The van der Waals surface area contributed by atoms with Crippen molar-refractivity contribution in [3.63, 3.8) is 0 Å². The molecule has 7 nitrogen and oxygen atoms in total. The second-order valence-electron chi connectivity index (χ2n) is 6.41. The first-order valence-electron chi connectivity index (χ1n) is 9.59. The topological polar surface area (TPSA) is 93.4 Å². The van der Waals surface area contributed by atoms with Crippen molar-refractivity contribution >= 4 is 28.9 Å². The number of nitrogens with one attached hydrogen (secondary N) is 1. The van der Waals surface area contributed by atoms with E-state index >= 15 is 0 Å². The smallest absolute Gasteiger partial charge is 0.387 e. The largest absolute Gasteiger partial charge is 0.435 e. The molecule has 0 unspecified atom stereocenters. The van der Waals surface area contributed by atoms with Crippen LogP contribution < -0.4 is 24.8 Å². The molecule has 0 spiro atoms. The summed E-state index contributed by atoms with van der Waals surface area (Å²) in [6, 6.07) is 7.70. The van der Waals surface area contributed by atoms with E-state index in [1.165, 1.54) is 35.9 Å². The minimum Gasteiger partial charge on any atom is -0.435 e. The maximum Gasteiger partial charge on any atom is 0.387 e. The standard InChI is InChI=1S/C21H23F2N3O4S/c1-3-4-9-25-18(27)16(13-24)20-26(10-11-29-2)19(28)17(31-20)12-14-5-7-15(8-6-14)30-21(22)23/h5-8,12,21H,3-4,9-11H2,1-2H3,(H,25,27)/b17-12-,20-16-. The summed E-state index contributed by atoms with van der Waals surface area (Å²) >= 11 is 1.01. The number of aromatic nitrogens is 1. The molecule has 0 aliphatic rings. The summed E-state index contributed by atoms with van der Waals surface area (Å²) in [6.45, 7) is -0.120. The molecule has 0 saturated heterocycles. The number of hydrogen-bond acceptors (Lipinski definition) is 6. The Morgan fingerprint density at radius 1 is 1.35 bits per heavy atom. The number of carbonyl (C=O) groups is 1. The Bertz CT molecular complexity index is 1100. The molecule has 0 atom stereocenters. The van der Waals surface area contributed by atoms with Crippen molar-refractivity contribution in [2.45, 2.75) is 32.9 Å². The minimum absolute atomic E-state index is 0.000347. The van der Waals surface area contributed by atoms with Crippen LogP contribution in [0.2, 0.25) is 0 Å². The zero-order valence-electron chi connectivity index (χ0n) is 17.2. The molecule has 0 aliphatic carbocycles. The molecular formula is C21H23F2N3O4S. The number of alkyl halides is 2. The van der Waals surface area contributed by atoms with Crippen molar-refractivity contribution in [3.8, 4) is 11.8 Å². The molecule has 0 saturated carbocycles. The summed E-state index contributed by atoms with van der Waals surface area (Å²) in [5.74, 6) is -0.538. The Morgan fingerprint density at radius 3 is 2.65 bits per heavy atom. The van der Waals surface area contributed by atoms with Gasteiger partial charge < -0.3 is 14.8 Å². The van der Waals surface area contributed by atoms with E-state index in [0.717, 1.165) is 24.2 Å². The van der Waals surface area contributed by atoms with Gasteiger partial charge in [0, 0.05) is 13.7 Å². The molecule has 0 bridgehead atoms. The van der Waals surface area contributed by atoms with Gasteiger partial charge in [-0.25, -0.2) is 0 Å². The third-order valence-electron chi connectivity index (χ3n) is 4.20. The van der Waals surface area contributed by atoms with Crippen LogP contribution >= 0.6 is 11.3 Å². The number of methoxy groups -OCH3 is 1. The maximum absolute atomic E-state index is 12.9. The van der Waals surface area contributed by atoms with Gasteiger partial charge in [0.2, 0.25) is 0 Å². The Kier molecular flexibility index (Phi) is 9.37. The monoisotopic (exact) mass is 451 g/mol. The van der Waals surface area contributed by atoms with E-state index in [2.05, 4.69) is 10.1 Å². The highest BCUT2D eigenvalue weighted by molar-refractivity contribution is 7.07. The van der Waals surface area contributed by atoms with Gasteiger partial charge in [-0.15, -0.1) is 11.3 Å². The highest BCUT2D eigenvalue weighted by Crippen LogP contribution is 2.15. The van der Waals surface area contributed by atoms with E-state index in [1.54, 1.807) is 6.08 Å². The van der Waals surface area contributed by atoms with Crippen molar-refractivity contribution in [2.24, 2.45) is 0 Å². The molecule has 1 N–H and O–H groups in total. The highest BCUT2D eigenvalue weighted by Gasteiger charge is 2.15.